The zero-order valence-electron chi connectivity index (χ0n) is 21.5. The van der Waals surface area contributed by atoms with Gasteiger partial charge in [0.25, 0.3) is 5.91 Å². The van der Waals surface area contributed by atoms with Gasteiger partial charge in [-0.25, -0.2) is 9.89 Å². The van der Waals surface area contributed by atoms with Gasteiger partial charge in [0.05, 0.1) is 11.4 Å². The van der Waals surface area contributed by atoms with Gasteiger partial charge in [0.1, 0.15) is 11.9 Å². The van der Waals surface area contributed by atoms with E-state index in [9.17, 15) is 14.4 Å². The summed E-state index contributed by atoms with van der Waals surface area (Å²) in [5, 5.41) is 12.8. The zero-order valence-corrected chi connectivity index (χ0v) is 22.3. The Bertz CT molecular complexity index is 1570. The lowest BCUT2D eigenvalue weighted by atomic mass is 10.1. The highest BCUT2D eigenvalue weighted by Crippen LogP contribution is 2.35. The third kappa shape index (κ3) is 5.27. The number of hydrogen-bond donors (Lipinski definition) is 3. The van der Waals surface area contributed by atoms with Crippen LogP contribution in [0.3, 0.4) is 0 Å². The van der Waals surface area contributed by atoms with Crippen LogP contribution < -0.4 is 20.1 Å². The highest BCUT2D eigenvalue weighted by atomic mass is 32.2. The number of aromatic nitrogens is 2. The fourth-order valence-electron chi connectivity index (χ4n) is 4.49. The third-order valence-electron chi connectivity index (χ3n) is 6.42. The van der Waals surface area contributed by atoms with E-state index in [1.54, 1.807) is 6.07 Å². The molecule has 1 aromatic heterocycles. The van der Waals surface area contributed by atoms with Crippen molar-refractivity contribution in [2.24, 2.45) is 9.98 Å². The first kappa shape index (κ1) is 25.6. The summed E-state index contributed by atoms with van der Waals surface area (Å²) in [5.41, 5.74) is 3.10. The fourth-order valence-corrected chi connectivity index (χ4v) is 5.29. The second-order valence-corrected chi connectivity index (χ2v) is 10.3. The first-order valence-electron chi connectivity index (χ1n) is 12.6. The summed E-state index contributed by atoms with van der Waals surface area (Å²) in [6.45, 7) is 2.35. The SMILES string of the molecule is Cc1cc(NC(=O)CSC2=Nc3ccccc3C3=NC(CCC(=O)NCc4ccc5c(c4)OCO5)C(=O)N23)n[nH]1. The van der Waals surface area contributed by atoms with Crippen molar-refractivity contribution < 1.29 is 23.9 Å². The average molecular weight is 560 g/mol. The van der Waals surface area contributed by atoms with Gasteiger partial charge in [0.15, 0.2) is 22.5 Å². The number of aromatic amines is 1. The van der Waals surface area contributed by atoms with E-state index in [1.165, 1.54) is 4.90 Å². The molecule has 1 unspecified atom stereocenters. The summed E-state index contributed by atoms with van der Waals surface area (Å²) in [6, 6.07) is 13.9. The van der Waals surface area contributed by atoms with Gasteiger partial charge >= 0.3 is 0 Å². The van der Waals surface area contributed by atoms with Crippen LogP contribution in [0.2, 0.25) is 0 Å². The lowest BCUT2D eigenvalue weighted by Gasteiger charge is -2.25. The Morgan fingerprint density at radius 2 is 1.98 bits per heavy atom. The highest BCUT2D eigenvalue weighted by Gasteiger charge is 2.41. The molecule has 0 saturated heterocycles. The molecule has 3 aromatic rings. The second-order valence-electron chi connectivity index (χ2n) is 9.33. The Hall–Kier alpha value is -4.65. The van der Waals surface area contributed by atoms with Gasteiger partial charge in [0.2, 0.25) is 18.6 Å². The minimum Gasteiger partial charge on any atom is -0.454 e. The van der Waals surface area contributed by atoms with E-state index in [1.807, 2.05) is 49.4 Å². The van der Waals surface area contributed by atoms with Crippen LogP contribution in [0.5, 0.6) is 11.5 Å². The van der Waals surface area contributed by atoms with Gasteiger partial charge < -0.3 is 20.1 Å². The van der Waals surface area contributed by atoms with Gasteiger partial charge in [-0.15, -0.1) is 0 Å². The molecule has 40 heavy (non-hydrogen) atoms. The van der Waals surface area contributed by atoms with Crippen LogP contribution >= 0.6 is 11.8 Å². The van der Waals surface area contributed by atoms with Gasteiger partial charge in [-0.3, -0.25) is 24.5 Å². The van der Waals surface area contributed by atoms with Crippen molar-refractivity contribution >= 4 is 52.0 Å². The number of rotatable bonds is 8. The number of anilines is 1. The molecule has 2 aromatic carbocycles. The highest BCUT2D eigenvalue weighted by molar-refractivity contribution is 8.14. The predicted molar refractivity (Wildman–Crippen MR) is 149 cm³/mol. The minimum absolute atomic E-state index is 0.0247. The van der Waals surface area contributed by atoms with Crippen molar-refractivity contribution in [3.8, 4) is 11.5 Å². The minimum atomic E-state index is -0.732. The normalized spacial score (nSPS) is 16.7. The molecule has 0 radical (unpaired) electrons. The molecular weight excluding hydrogens is 534 g/mol. The van der Waals surface area contributed by atoms with E-state index >= 15 is 0 Å². The smallest absolute Gasteiger partial charge is 0.259 e. The van der Waals surface area contributed by atoms with Crippen molar-refractivity contribution in [3.63, 3.8) is 0 Å². The number of thioether (sulfide) groups is 1. The Labute approximate surface area is 233 Å². The van der Waals surface area contributed by atoms with Crippen LogP contribution in [0.25, 0.3) is 0 Å². The van der Waals surface area contributed by atoms with Crippen LogP contribution in [0.4, 0.5) is 11.5 Å². The lowest BCUT2D eigenvalue weighted by molar-refractivity contribution is -0.125. The van der Waals surface area contributed by atoms with E-state index in [-0.39, 0.29) is 43.1 Å². The average Bonchev–Trinajstić information content (AvgIpc) is 3.68. The quantitative estimate of drug-likeness (QED) is 0.384. The Morgan fingerprint density at radius 3 is 2.83 bits per heavy atom. The monoisotopic (exact) mass is 559 g/mol. The standard InChI is InChI=1S/C27H25N7O5S/c1-15-10-22(33-32-15)31-24(36)13-40-27-30-18-5-3-2-4-17(18)25-29-19(26(37)34(25)27)7-9-23(35)28-12-16-6-8-20-21(11-16)39-14-38-20/h2-6,8,10-11,19H,7,9,12-14H2,1H3,(H,28,35)(H2,31,32,33,36). The largest absolute Gasteiger partial charge is 0.454 e. The second kappa shape index (κ2) is 10.8. The maximum atomic E-state index is 13.4. The summed E-state index contributed by atoms with van der Waals surface area (Å²) in [7, 11) is 0. The molecule has 3 aliphatic rings. The van der Waals surface area contributed by atoms with E-state index in [0.29, 0.717) is 40.6 Å². The van der Waals surface area contributed by atoms with E-state index in [0.717, 1.165) is 28.6 Å². The predicted octanol–water partition coefficient (Wildman–Crippen LogP) is 2.87. The molecule has 0 aliphatic carbocycles. The third-order valence-corrected chi connectivity index (χ3v) is 7.36. The Kier molecular flexibility index (Phi) is 6.95. The summed E-state index contributed by atoms with van der Waals surface area (Å²) < 4.78 is 10.7. The number of carbonyl (C=O) groups excluding carboxylic acids is 3. The van der Waals surface area contributed by atoms with Crippen LogP contribution in [-0.4, -0.2) is 62.4 Å². The summed E-state index contributed by atoms with van der Waals surface area (Å²) in [6.07, 6.45) is 0.364. The van der Waals surface area contributed by atoms with Gasteiger partial charge in [-0.05, 0) is 43.2 Å². The zero-order chi connectivity index (χ0) is 27.6. The maximum absolute atomic E-state index is 13.4. The van der Waals surface area contributed by atoms with Crippen LogP contribution in [-0.2, 0) is 20.9 Å². The summed E-state index contributed by atoms with van der Waals surface area (Å²) >= 11 is 1.14. The molecule has 3 N–H and O–H groups in total. The van der Waals surface area contributed by atoms with Crippen molar-refractivity contribution in [3.05, 3.63) is 65.4 Å². The number of carbonyl (C=O) groups is 3. The molecule has 204 valence electrons. The molecule has 0 bridgehead atoms. The number of nitrogens with zero attached hydrogens (tertiary/aromatic N) is 4. The number of amides is 3. The Balaban J connectivity index is 1.09. The van der Waals surface area contributed by atoms with Gasteiger partial charge in [-0.1, -0.05) is 30.0 Å². The van der Waals surface area contributed by atoms with Gasteiger partial charge in [0, 0.05) is 30.3 Å². The molecule has 6 rings (SSSR count). The molecule has 0 saturated carbocycles. The van der Waals surface area contributed by atoms with Crippen molar-refractivity contribution in [2.45, 2.75) is 32.4 Å². The first-order chi connectivity index (χ1) is 19.4. The number of hydrogen-bond acceptors (Lipinski definition) is 9. The number of amidine groups is 2. The van der Waals surface area contributed by atoms with Crippen molar-refractivity contribution in [1.29, 1.82) is 0 Å². The van der Waals surface area contributed by atoms with Crippen LogP contribution in [0, 0.1) is 6.92 Å². The number of para-hydroxylation sites is 1. The Morgan fingerprint density at radius 1 is 1.12 bits per heavy atom. The van der Waals surface area contributed by atoms with Gasteiger partial charge in [-0.2, -0.15) is 5.10 Å². The van der Waals surface area contributed by atoms with Crippen LogP contribution in [0.15, 0.2) is 58.5 Å². The summed E-state index contributed by atoms with van der Waals surface area (Å²) in [5.74, 6) is 1.52. The van der Waals surface area contributed by atoms with E-state index in [4.69, 9.17) is 9.47 Å². The molecule has 12 nitrogen and oxygen atoms in total. The molecule has 1 atom stereocenters. The molecule has 3 aliphatic heterocycles. The number of benzene rings is 2. The fraction of sp³-hybridized carbons (Fsp3) is 0.259. The number of nitrogens with one attached hydrogen (secondary N) is 3. The number of aliphatic imine (C=N–C) groups is 2. The summed E-state index contributed by atoms with van der Waals surface area (Å²) in [4.78, 5) is 49.3. The van der Waals surface area contributed by atoms with Crippen molar-refractivity contribution in [1.82, 2.24) is 20.4 Å². The molecular formula is C27H25N7O5S. The maximum Gasteiger partial charge on any atom is 0.259 e. The molecule has 4 heterocycles. The molecule has 13 heteroatoms. The van der Waals surface area contributed by atoms with Crippen molar-refractivity contribution in [2.75, 3.05) is 17.9 Å². The molecule has 0 fully saturated rings. The number of fused-ring (bicyclic) bond motifs is 4. The van der Waals surface area contributed by atoms with E-state index < -0.39 is 6.04 Å². The number of ether oxygens (including phenoxy) is 2. The number of H-pyrrole nitrogens is 1. The first-order valence-corrected chi connectivity index (χ1v) is 13.6. The lowest BCUT2D eigenvalue weighted by Crippen LogP contribution is -2.41. The number of aryl methyl sites for hydroxylation is 1. The van der Waals surface area contributed by atoms with E-state index in [2.05, 4.69) is 30.8 Å². The topological polar surface area (TPSA) is 150 Å². The molecule has 0 spiro atoms. The van der Waals surface area contributed by atoms with Crippen LogP contribution in [0.1, 0.15) is 29.7 Å². The molecule has 3 amide bonds.